The second-order valence-corrected chi connectivity index (χ2v) is 14.4. The highest BCUT2D eigenvalue weighted by atomic mass is 16.6. The van der Waals surface area contributed by atoms with E-state index in [1.165, 1.54) is 18.2 Å². The third-order valence-electron chi connectivity index (χ3n) is 12.4. The lowest BCUT2D eigenvalue weighted by Gasteiger charge is -2.62. The van der Waals surface area contributed by atoms with Crippen molar-refractivity contribution in [2.24, 2.45) is 56.6 Å². The minimum absolute atomic E-state index is 0.0960. The van der Waals surface area contributed by atoms with Gasteiger partial charge < -0.3 is 20.3 Å². The van der Waals surface area contributed by atoms with Gasteiger partial charge in [-0.25, -0.2) is 0 Å². The molecule has 42 heavy (non-hydrogen) atoms. The van der Waals surface area contributed by atoms with E-state index in [1.54, 1.807) is 0 Å². The largest absolute Gasteiger partial charge is 0.493 e. The zero-order valence-corrected chi connectivity index (χ0v) is 24.8. The van der Waals surface area contributed by atoms with Crippen LogP contribution >= 0.6 is 0 Å². The molecule has 1 aromatic heterocycles. The number of hydrogen-bond acceptors (Lipinski definition) is 7. The summed E-state index contributed by atoms with van der Waals surface area (Å²) in [6, 6.07) is 4.12. The van der Waals surface area contributed by atoms with Gasteiger partial charge in [-0.15, -0.1) is 10.2 Å². The first kappa shape index (κ1) is 29.2. The fourth-order valence-corrected chi connectivity index (χ4v) is 10.3. The number of aliphatic hydroxyl groups excluding tert-OH is 2. The van der Waals surface area contributed by atoms with Crippen LogP contribution in [0.2, 0.25) is 0 Å². The zero-order chi connectivity index (χ0) is 30.0. The number of nitro groups is 1. The smallest absolute Gasteiger partial charge is 0.271 e. The van der Waals surface area contributed by atoms with E-state index in [2.05, 4.69) is 36.0 Å². The number of carbonyl (C=O) groups excluding carboxylic acids is 1. The van der Waals surface area contributed by atoms with Crippen molar-refractivity contribution < 1.29 is 25.0 Å². The molecule has 0 aliphatic heterocycles. The van der Waals surface area contributed by atoms with E-state index >= 15 is 0 Å². The van der Waals surface area contributed by atoms with Gasteiger partial charge in [0.15, 0.2) is 5.69 Å². The maximum absolute atomic E-state index is 12.7. The number of aromatic nitrogens is 1. The van der Waals surface area contributed by atoms with E-state index in [4.69, 9.17) is 0 Å². The standard InChI is InChI=1S/C32H44N4O6/c1-17(4-9-27(39)34-35-29-21-6-5-19(36(41)42)16-25(21)33-30(29)40)22-7-8-23-28-24(11-13-32(22,23)3)31(2)12-10-20(37)14-18(31)15-26(28)38/h5-6,16-18,20,22-24,26,28,33,37-38,40H,4,7-15H2,1-3H3. The molecular weight excluding hydrogens is 536 g/mol. The maximum Gasteiger partial charge on any atom is 0.271 e. The minimum atomic E-state index is -0.516. The number of hydrogen-bond donors (Lipinski definition) is 4. The molecule has 6 rings (SSSR count). The number of fused-ring (bicyclic) bond motifs is 6. The van der Waals surface area contributed by atoms with Crippen LogP contribution in [0.4, 0.5) is 11.4 Å². The van der Waals surface area contributed by atoms with Gasteiger partial charge in [0, 0.05) is 23.9 Å². The molecule has 10 atom stereocenters. The molecule has 10 heteroatoms. The molecule has 4 aliphatic rings. The minimum Gasteiger partial charge on any atom is -0.493 e. The third-order valence-corrected chi connectivity index (χ3v) is 12.4. The van der Waals surface area contributed by atoms with Crippen LogP contribution in [0.1, 0.15) is 85.0 Å². The second kappa shape index (κ2) is 10.7. The normalized spacial score (nSPS) is 38.6. The average molecular weight is 581 g/mol. The number of benzene rings is 1. The van der Waals surface area contributed by atoms with E-state index in [-0.39, 0.29) is 52.6 Å². The Morgan fingerprint density at radius 3 is 2.62 bits per heavy atom. The maximum atomic E-state index is 12.7. The molecule has 2 aromatic rings. The number of aromatic amines is 1. The van der Waals surface area contributed by atoms with Crippen molar-refractivity contribution in [2.75, 3.05) is 0 Å². The summed E-state index contributed by atoms with van der Waals surface area (Å²) >= 11 is 0. The van der Waals surface area contributed by atoms with Gasteiger partial charge in [-0.1, -0.05) is 20.8 Å². The number of carbonyl (C=O) groups is 1. The van der Waals surface area contributed by atoms with E-state index in [9.17, 15) is 30.2 Å². The number of H-pyrrole nitrogens is 1. The molecule has 4 N–H and O–H groups in total. The van der Waals surface area contributed by atoms with Gasteiger partial charge in [0.1, 0.15) is 0 Å². The van der Waals surface area contributed by atoms with Crippen LogP contribution in [0.25, 0.3) is 10.9 Å². The molecule has 10 unspecified atom stereocenters. The van der Waals surface area contributed by atoms with Crippen LogP contribution in [-0.4, -0.2) is 43.3 Å². The Kier molecular flexibility index (Phi) is 7.45. The fourth-order valence-electron chi connectivity index (χ4n) is 10.3. The van der Waals surface area contributed by atoms with Crippen LogP contribution in [0.15, 0.2) is 28.4 Å². The number of aliphatic hydroxyl groups is 2. The molecule has 0 bridgehead atoms. The summed E-state index contributed by atoms with van der Waals surface area (Å²) in [5.41, 5.74) is 0.684. The second-order valence-electron chi connectivity index (χ2n) is 14.4. The summed E-state index contributed by atoms with van der Waals surface area (Å²) in [6.07, 6.45) is 8.52. The Labute approximate surface area is 246 Å². The van der Waals surface area contributed by atoms with Crippen molar-refractivity contribution in [1.29, 1.82) is 0 Å². The predicted octanol–water partition coefficient (Wildman–Crippen LogP) is 6.80. The molecule has 4 fully saturated rings. The number of nitro benzene ring substituents is 1. The molecular formula is C32H44N4O6. The van der Waals surface area contributed by atoms with Gasteiger partial charge >= 0.3 is 0 Å². The summed E-state index contributed by atoms with van der Waals surface area (Å²) in [7, 11) is 0. The summed E-state index contributed by atoms with van der Waals surface area (Å²) in [5.74, 6) is 1.88. The molecule has 0 radical (unpaired) electrons. The van der Waals surface area contributed by atoms with Crippen LogP contribution < -0.4 is 0 Å². The topological polar surface area (TPSA) is 161 Å². The van der Waals surface area contributed by atoms with Gasteiger partial charge in [0.25, 0.3) is 11.6 Å². The lowest BCUT2D eigenvalue weighted by Crippen LogP contribution is -2.58. The average Bonchev–Trinajstić information content (AvgIpc) is 3.46. The van der Waals surface area contributed by atoms with Crippen molar-refractivity contribution in [2.45, 2.75) is 97.2 Å². The van der Waals surface area contributed by atoms with E-state index < -0.39 is 4.92 Å². The molecule has 4 aliphatic carbocycles. The number of aromatic hydroxyl groups is 1. The molecule has 0 spiro atoms. The Hall–Kier alpha value is -2.85. The first-order valence-corrected chi connectivity index (χ1v) is 15.7. The molecule has 0 saturated heterocycles. The summed E-state index contributed by atoms with van der Waals surface area (Å²) in [6.45, 7) is 7.11. The van der Waals surface area contributed by atoms with Crippen LogP contribution in [0, 0.1) is 56.5 Å². The highest BCUT2D eigenvalue weighted by Crippen LogP contribution is 2.68. The molecule has 1 aromatic carbocycles. The number of nitrogens with one attached hydrogen (secondary N) is 1. The Balaban J connectivity index is 1.10. The molecule has 228 valence electrons. The fraction of sp³-hybridized carbons (Fsp3) is 0.719. The monoisotopic (exact) mass is 580 g/mol. The summed E-state index contributed by atoms with van der Waals surface area (Å²) in [5, 5.41) is 51.4. The number of azo groups is 1. The first-order chi connectivity index (χ1) is 19.9. The molecule has 1 amide bonds. The number of non-ortho nitro benzene ring substituents is 1. The number of amides is 1. The summed E-state index contributed by atoms with van der Waals surface area (Å²) in [4.78, 5) is 25.9. The van der Waals surface area contributed by atoms with Gasteiger partial charge in [-0.3, -0.25) is 14.9 Å². The Morgan fingerprint density at radius 2 is 1.86 bits per heavy atom. The van der Waals surface area contributed by atoms with E-state index in [1.807, 2.05) is 0 Å². The SMILES string of the molecule is CC(CCC(=O)N=Nc1c(O)[nH]c2cc([N+](=O)[O-])ccc12)C1CCC2C3C(O)CC4CC(O)CCC4(C)C3CCC12C. The van der Waals surface area contributed by atoms with Gasteiger partial charge in [-0.05, 0) is 110 Å². The van der Waals surface area contributed by atoms with Crippen molar-refractivity contribution >= 4 is 28.2 Å². The lowest BCUT2D eigenvalue weighted by atomic mass is 9.43. The van der Waals surface area contributed by atoms with E-state index in [0.29, 0.717) is 52.8 Å². The molecule has 10 nitrogen and oxygen atoms in total. The Bertz CT molecular complexity index is 1410. The van der Waals surface area contributed by atoms with E-state index in [0.717, 1.165) is 51.4 Å². The zero-order valence-electron chi connectivity index (χ0n) is 24.8. The quantitative estimate of drug-likeness (QED) is 0.167. The lowest BCUT2D eigenvalue weighted by molar-refractivity contribution is -0.384. The van der Waals surface area contributed by atoms with Gasteiger partial charge in [0.2, 0.25) is 5.88 Å². The first-order valence-electron chi connectivity index (χ1n) is 15.7. The van der Waals surface area contributed by atoms with Gasteiger partial charge in [-0.2, -0.15) is 0 Å². The molecule has 4 saturated carbocycles. The van der Waals surface area contributed by atoms with Crippen LogP contribution in [0.3, 0.4) is 0 Å². The van der Waals surface area contributed by atoms with Crippen molar-refractivity contribution in [3.05, 3.63) is 28.3 Å². The summed E-state index contributed by atoms with van der Waals surface area (Å²) < 4.78 is 0. The molecule has 1 heterocycles. The van der Waals surface area contributed by atoms with Gasteiger partial charge in [0.05, 0.1) is 22.6 Å². The Morgan fingerprint density at radius 1 is 1.12 bits per heavy atom. The number of rotatable bonds is 6. The highest BCUT2D eigenvalue weighted by molar-refractivity contribution is 5.95. The predicted molar refractivity (Wildman–Crippen MR) is 157 cm³/mol. The van der Waals surface area contributed by atoms with Crippen molar-refractivity contribution in [3.63, 3.8) is 0 Å². The third kappa shape index (κ3) is 4.75. The highest BCUT2D eigenvalue weighted by Gasteiger charge is 2.62. The van der Waals surface area contributed by atoms with Crippen molar-refractivity contribution in [3.8, 4) is 5.88 Å². The van der Waals surface area contributed by atoms with Crippen LogP contribution in [0.5, 0.6) is 5.88 Å². The van der Waals surface area contributed by atoms with Crippen molar-refractivity contribution in [1.82, 2.24) is 4.98 Å². The van der Waals surface area contributed by atoms with Crippen LogP contribution in [-0.2, 0) is 4.79 Å². The number of nitrogens with zero attached hydrogens (tertiary/aromatic N) is 3.